The maximum atomic E-state index is 11.7. The SMILES string of the molecule is CC(C)C[C@H](N)C(=O)N(C)CC(C)C#N. The van der Waals surface area contributed by atoms with Crippen LogP contribution in [0.3, 0.4) is 0 Å². The summed E-state index contributed by atoms with van der Waals surface area (Å²) in [6, 6.07) is 1.65. The van der Waals surface area contributed by atoms with Gasteiger partial charge in [0.25, 0.3) is 0 Å². The number of rotatable bonds is 5. The highest BCUT2D eigenvalue weighted by molar-refractivity contribution is 5.81. The molecule has 0 aliphatic heterocycles. The summed E-state index contributed by atoms with van der Waals surface area (Å²) in [5, 5.41) is 8.63. The number of nitrogens with two attached hydrogens (primary N) is 1. The van der Waals surface area contributed by atoms with Crippen LogP contribution in [0.15, 0.2) is 0 Å². The Balaban J connectivity index is 4.14. The van der Waals surface area contributed by atoms with Crippen LogP contribution in [-0.2, 0) is 4.79 Å². The quantitative estimate of drug-likeness (QED) is 0.737. The van der Waals surface area contributed by atoms with Gasteiger partial charge < -0.3 is 10.6 Å². The van der Waals surface area contributed by atoms with E-state index in [0.717, 1.165) is 0 Å². The fourth-order valence-electron chi connectivity index (χ4n) is 1.43. The molecule has 0 radical (unpaired) electrons. The average molecular weight is 211 g/mol. The molecule has 0 aromatic carbocycles. The summed E-state index contributed by atoms with van der Waals surface area (Å²) >= 11 is 0. The molecule has 2 atom stereocenters. The minimum Gasteiger partial charge on any atom is -0.343 e. The average Bonchev–Trinajstić information content (AvgIpc) is 2.15. The van der Waals surface area contributed by atoms with Gasteiger partial charge in [-0.05, 0) is 19.3 Å². The van der Waals surface area contributed by atoms with Crippen molar-refractivity contribution in [2.75, 3.05) is 13.6 Å². The van der Waals surface area contributed by atoms with E-state index in [2.05, 4.69) is 6.07 Å². The van der Waals surface area contributed by atoms with Crippen molar-refractivity contribution in [3.05, 3.63) is 0 Å². The van der Waals surface area contributed by atoms with Crippen LogP contribution in [-0.4, -0.2) is 30.4 Å². The molecule has 0 fully saturated rings. The van der Waals surface area contributed by atoms with E-state index in [1.807, 2.05) is 13.8 Å². The molecular weight excluding hydrogens is 190 g/mol. The summed E-state index contributed by atoms with van der Waals surface area (Å²) in [7, 11) is 1.69. The molecule has 4 nitrogen and oxygen atoms in total. The third-order valence-corrected chi connectivity index (χ3v) is 2.19. The van der Waals surface area contributed by atoms with Gasteiger partial charge in [0, 0.05) is 13.6 Å². The maximum Gasteiger partial charge on any atom is 0.239 e. The second-order valence-corrected chi connectivity index (χ2v) is 4.48. The molecule has 0 aromatic heterocycles. The van der Waals surface area contributed by atoms with Gasteiger partial charge in [-0.1, -0.05) is 13.8 Å². The van der Waals surface area contributed by atoms with Crippen molar-refractivity contribution in [1.29, 1.82) is 5.26 Å². The zero-order chi connectivity index (χ0) is 12.0. The summed E-state index contributed by atoms with van der Waals surface area (Å²) < 4.78 is 0. The minimum atomic E-state index is -0.444. The molecular formula is C11H21N3O. The molecule has 1 unspecified atom stereocenters. The molecule has 0 heterocycles. The van der Waals surface area contributed by atoms with Crippen molar-refractivity contribution >= 4 is 5.91 Å². The van der Waals surface area contributed by atoms with Crippen LogP contribution in [0.25, 0.3) is 0 Å². The van der Waals surface area contributed by atoms with Gasteiger partial charge in [-0.3, -0.25) is 4.79 Å². The molecule has 0 aliphatic rings. The Morgan fingerprint density at radius 3 is 2.40 bits per heavy atom. The molecule has 15 heavy (non-hydrogen) atoms. The Bertz CT molecular complexity index is 245. The van der Waals surface area contributed by atoms with Gasteiger partial charge in [-0.2, -0.15) is 5.26 Å². The van der Waals surface area contributed by atoms with Gasteiger partial charge in [0.05, 0.1) is 18.0 Å². The van der Waals surface area contributed by atoms with E-state index >= 15 is 0 Å². The molecule has 0 saturated carbocycles. The lowest BCUT2D eigenvalue weighted by atomic mass is 10.0. The Kier molecular flexibility index (Phi) is 5.95. The Labute approximate surface area is 92.0 Å². The number of hydrogen-bond acceptors (Lipinski definition) is 3. The topological polar surface area (TPSA) is 70.1 Å². The first-order valence-electron chi connectivity index (χ1n) is 5.28. The van der Waals surface area contributed by atoms with Crippen LogP contribution in [0.5, 0.6) is 0 Å². The van der Waals surface area contributed by atoms with E-state index in [1.54, 1.807) is 18.9 Å². The normalized spacial score (nSPS) is 14.5. The first-order chi connectivity index (χ1) is 6.88. The van der Waals surface area contributed by atoms with Crippen molar-refractivity contribution < 1.29 is 4.79 Å². The van der Waals surface area contributed by atoms with Crippen LogP contribution >= 0.6 is 0 Å². The summed E-state index contributed by atoms with van der Waals surface area (Å²) in [5.41, 5.74) is 5.76. The van der Waals surface area contributed by atoms with Crippen molar-refractivity contribution in [1.82, 2.24) is 4.90 Å². The second kappa shape index (κ2) is 6.41. The predicted molar refractivity (Wildman–Crippen MR) is 59.8 cm³/mol. The number of amides is 1. The molecule has 1 amide bonds. The van der Waals surface area contributed by atoms with E-state index < -0.39 is 6.04 Å². The van der Waals surface area contributed by atoms with E-state index in [9.17, 15) is 4.79 Å². The molecule has 0 rings (SSSR count). The lowest BCUT2D eigenvalue weighted by molar-refractivity contribution is -0.131. The third-order valence-electron chi connectivity index (χ3n) is 2.19. The van der Waals surface area contributed by atoms with Gasteiger partial charge in [0.1, 0.15) is 0 Å². The third kappa shape index (κ3) is 5.38. The fourth-order valence-corrected chi connectivity index (χ4v) is 1.43. The van der Waals surface area contributed by atoms with Crippen LogP contribution in [0.4, 0.5) is 0 Å². The van der Waals surface area contributed by atoms with Crippen molar-refractivity contribution in [3.63, 3.8) is 0 Å². The van der Waals surface area contributed by atoms with Crippen molar-refractivity contribution in [2.45, 2.75) is 33.2 Å². The molecule has 0 aromatic rings. The largest absolute Gasteiger partial charge is 0.343 e. The highest BCUT2D eigenvalue weighted by Crippen LogP contribution is 2.06. The molecule has 0 bridgehead atoms. The van der Waals surface area contributed by atoms with Gasteiger partial charge in [0.2, 0.25) is 5.91 Å². The summed E-state index contributed by atoms with van der Waals surface area (Å²) in [6.07, 6.45) is 0.685. The molecule has 0 saturated heterocycles. The van der Waals surface area contributed by atoms with E-state index in [-0.39, 0.29) is 11.8 Å². The zero-order valence-corrected chi connectivity index (χ0v) is 10.0. The van der Waals surface area contributed by atoms with Crippen molar-refractivity contribution in [2.24, 2.45) is 17.6 Å². The lowest BCUT2D eigenvalue weighted by Gasteiger charge is -2.23. The van der Waals surface area contributed by atoms with Crippen LogP contribution in [0, 0.1) is 23.2 Å². The maximum absolute atomic E-state index is 11.7. The number of carbonyl (C=O) groups is 1. The number of nitrogens with zero attached hydrogens (tertiary/aromatic N) is 2. The highest BCUT2D eigenvalue weighted by Gasteiger charge is 2.20. The first-order valence-corrected chi connectivity index (χ1v) is 5.28. The Hall–Kier alpha value is -1.08. The van der Waals surface area contributed by atoms with Gasteiger partial charge in [-0.25, -0.2) is 0 Å². The predicted octanol–water partition coefficient (Wildman–Crippen LogP) is 0.978. The zero-order valence-electron chi connectivity index (χ0n) is 10.0. The van der Waals surface area contributed by atoms with Gasteiger partial charge in [-0.15, -0.1) is 0 Å². The van der Waals surface area contributed by atoms with Gasteiger partial charge >= 0.3 is 0 Å². The molecule has 4 heteroatoms. The molecule has 0 aliphatic carbocycles. The monoisotopic (exact) mass is 211 g/mol. The molecule has 86 valence electrons. The summed E-state index contributed by atoms with van der Waals surface area (Å²) in [4.78, 5) is 13.3. The first kappa shape index (κ1) is 13.9. The molecule has 0 spiro atoms. The number of likely N-dealkylation sites (N-methyl/N-ethyl adjacent to an activating group) is 1. The number of carbonyl (C=O) groups excluding carboxylic acids is 1. The Morgan fingerprint density at radius 2 is 2.00 bits per heavy atom. The lowest BCUT2D eigenvalue weighted by Crippen LogP contribution is -2.43. The molecule has 2 N–H and O–H groups in total. The summed E-state index contributed by atoms with van der Waals surface area (Å²) in [6.45, 7) is 6.30. The number of hydrogen-bond donors (Lipinski definition) is 1. The highest BCUT2D eigenvalue weighted by atomic mass is 16.2. The van der Waals surface area contributed by atoms with Crippen molar-refractivity contribution in [3.8, 4) is 6.07 Å². The van der Waals surface area contributed by atoms with Gasteiger partial charge in [0.15, 0.2) is 0 Å². The van der Waals surface area contributed by atoms with Crippen LogP contribution < -0.4 is 5.73 Å². The second-order valence-electron chi connectivity index (χ2n) is 4.48. The fraction of sp³-hybridized carbons (Fsp3) is 0.818. The van der Waals surface area contributed by atoms with E-state index in [0.29, 0.717) is 18.9 Å². The van der Waals surface area contributed by atoms with E-state index in [1.165, 1.54) is 0 Å². The van der Waals surface area contributed by atoms with E-state index in [4.69, 9.17) is 11.0 Å². The Morgan fingerprint density at radius 1 is 1.47 bits per heavy atom. The van der Waals surface area contributed by atoms with Crippen LogP contribution in [0.1, 0.15) is 27.2 Å². The smallest absolute Gasteiger partial charge is 0.239 e. The standard InChI is InChI=1S/C11H21N3O/c1-8(2)5-10(13)11(15)14(4)7-9(3)6-12/h8-10H,5,7,13H2,1-4H3/t9?,10-/m0/s1. The number of nitriles is 1. The summed E-state index contributed by atoms with van der Waals surface area (Å²) in [5.74, 6) is 0.182. The van der Waals surface area contributed by atoms with Crippen LogP contribution in [0.2, 0.25) is 0 Å². The minimum absolute atomic E-state index is 0.0780.